The third-order valence-corrected chi connectivity index (χ3v) is 0. The van der Waals surface area contributed by atoms with Crippen molar-refractivity contribution in [3.05, 3.63) is 0 Å². The minimum absolute atomic E-state index is 0. The van der Waals surface area contributed by atoms with E-state index in [4.69, 9.17) is 23.3 Å². The Hall–Kier alpha value is 1.38. The molecule has 0 aliphatic heterocycles. The Morgan fingerprint density at radius 1 is 1.12 bits per heavy atom. The van der Waals surface area contributed by atoms with E-state index in [1.807, 2.05) is 0 Å². The first-order valence-electron chi connectivity index (χ1n) is 0.786. The standard InChI is InChI=1S/ClHO4.ClO.Na/c2-1(3,4)5;1-2;/h(H,2,3,4,5);;/q;-1;+1. The summed E-state index contributed by atoms with van der Waals surface area (Å²) in [6, 6.07) is 0. The predicted molar refractivity (Wildman–Crippen MR) is 8.07 cm³/mol. The van der Waals surface area contributed by atoms with E-state index in [2.05, 4.69) is 11.9 Å². The van der Waals surface area contributed by atoms with E-state index in [1.165, 1.54) is 0 Å². The molecule has 0 bridgehead atoms. The molecule has 0 saturated heterocycles. The maximum absolute atomic E-state index is 8.60. The van der Waals surface area contributed by atoms with E-state index in [0.717, 1.165) is 0 Å². The number of hydrogen-bond acceptors (Lipinski definition) is 5. The Labute approximate surface area is 74.7 Å². The van der Waals surface area contributed by atoms with Gasteiger partial charge in [-0.25, -0.2) is 11.9 Å². The maximum atomic E-state index is 8.60. The summed E-state index contributed by atoms with van der Waals surface area (Å²) in [6.07, 6.45) is 0. The summed E-state index contributed by atoms with van der Waals surface area (Å²) >= 11 is 3.39. The zero-order valence-corrected chi connectivity index (χ0v) is 7.35. The van der Waals surface area contributed by atoms with Gasteiger partial charge in [-0.15, -0.1) is 0 Å². The van der Waals surface area contributed by atoms with E-state index in [9.17, 15) is 0 Å². The van der Waals surface area contributed by atoms with E-state index in [-0.39, 0.29) is 29.6 Å². The molecule has 0 aliphatic carbocycles. The maximum Gasteiger partial charge on any atom is 1.00 e. The van der Waals surface area contributed by atoms with Gasteiger partial charge >= 0.3 is 29.6 Å². The zero-order valence-electron chi connectivity index (χ0n) is 3.84. The fourth-order valence-electron chi connectivity index (χ4n) is 0. The summed E-state index contributed by atoms with van der Waals surface area (Å²) in [5.41, 5.74) is 0. The Bertz CT molecular complexity index is 25.9. The first kappa shape index (κ1) is 16.2. The molecule has 0 fully saturated rings. The number of rotatable bonds is 0. The van der Waals surface area contributed by atoms with Gasteiger partial charge in [-0.2, -0.15) is 14.0 Å². The first-order valence-corrected chi connectivity index (χ1v) is 2.36. The van der Waals surface area contributed by atoms with Crippen LogP contribution in [-0.2, 0) is 0 Å². The predicted octanol–water partition coefficient (Wildman–Crippen LogP) is -7.62. The van der Waals surface area contributed by atoms with Crippen molar-refractivity contribution in [3.8, 4) is 0 Å². The number of halogens is 2. The quantitative estimate of drug-likeness (QED) is 0.367. The van der Waals surface area contributed by atoms with Crippen molar-refractivity contribution in [1.29, 1.82) is 0 Å². The summed E-state index contributed by atoms with van der Waals surface area (Å²) in [5, 5.41) is 0. The summed E-state index contributed by atoms with van der Waals surface area (Å²) in [5.74, 6) is 0. The largest absolute Gasteiger partial charge is 1.00 e. The molecule has 0 aromatic rings. The van der Waals surface area contributed by atoms with Gasteiger partial charge in [-0.3, -0.25) is 0 Å². The normalized spacial score (nSPS) is 8.25. The Kier molecular flexibility index (Phi) is 17.0. The molecule has 8 heavy (non-hydrogen) atoms. The molecule has 5 nitrogen and oxygen atoms in total. The smallest absolute Gasteiger partial charge is 0.769 e. The van der Waals surface area contributed by atoms with Gasteiger partial charge in [0.05, 0.1) is 14.9 Å². The third kappa shape index (κ3) is 158. The molecule has 0 unspecified atom stereocenters. The molecule has 0 rings (SSSR count). The Morgan fingerprint density at radius 3 is 1.12 bits per heavy atom. The van der Waals surface area contributed by atoms with Crippen molar-refractivity contribution in [1.82, 2.24) is 0 Å². The molecular formula is HCl2NaO5. The third-order valence-electron chi connectivity index (χ3n) is 0. The van der Waals surface area contributed by atoms with Gasteiger partial charge < -0.3 is 4.66 Å². The van der Waals surface area contributed by atoms with E-state index >= 15 is 0 Å². The van der Waals surface area contributed by atoms with Gasteiger partial charge in [-0.05, 0) is 0 Å². The first-order chi connectivity index (χ1) is 3.00. The average molecular weight is 175 g/mol. The monoisotopic (exact) mass is 174 g/mol. The van der Waals surface area contributed by atoms with Gasteiger partial charge in [0, 0.05) is 0 Å². The van der Waals surface area contributed by atoms with Crippen molar-refractivity contribution in [2.75, 3.05) is 0 Å². The molecule has 0 atom stereocenters. The molecule has 0 heterocycles. The van der Waals surface area contributed by atoms with E-state index < -0.39 is 10.2 Å². The van der Waals surface area contributed by atoms with Crippen LogP contribution in [0.3, 0.4) is 0 Å². The summed E-state index contributed by atoms with van der Waals surface area (Å²) < 4.78 is 40.4. The minimum atomic E-state index is -4.69. The van der Waals surface area contributed by atoms with Crippen LogP contribution in [0.1, 0.15) is 0 Å². The summed E-state index contributed by atoms with van der Waals surface area (Å²) in [6.45, 7) is 0. The van der Waals surface area contributed by atoms with E-state index in [1.54, 1.807) is 0 Å². The van der Waals surface area contributed by atoms with Crippen LogP contribution in [0.5, 0.6) is 0 Å². The number of hydrogen-bond donors (Lipinski definition) is 1. The van der Waals surface area contributed by atoms with Gasteiger partial charge in [0.25, 0.3) is 0 Å². The molecule has 1 N–H and O–H groups in total. The minimum Gasteiger partial charge on any atom is -0.769 e. The zero-order chi connectivity index (χ0) is 6.50. The van der Waals surface area contributed by atoms with Crippen LogP contribution >= 0.6 is 11.9 Å². The van der Waals surface area contributed by atoms with Crippen molar-refractivity contribution in [2.24, 2.45) is 0 Å². The van der Waals surface area contributed by atoms with Crippen molar-refractivity contribution >= 4 is 11.9 Å². The van der Waals surface area contributed by atoms with E-state index in [0.29, 0.717) is 0 Å². The fourth-order valence-corrected chi connectivity index (χ4v) is 0. The van der Waals surface area contributed by atoms with Crippen LogP contribution in [0.15, 0.2) is 0 Å². The van der Waals surface area contributed by atoms with Crippen LogP contribution in [0.2, 0.25) is 0 Å². The van der Waals surface area contributed by atoms with Crippen molar-refractivity contribution in [2.45, 2.75) is 0 Å². The molecule has 0 aliphatic rings. The summed E-state index contributed by atoms with van der Waals surface area (Å²) in [4.78, 5) is 0. The second-order valence-corrected chi connectivity index (χ2v) is 1.19. The molecule has 0 aromatic heterocycles. The van der Waals surface area contributed by atoms with Crippen LogP contribution < -0.4 is 48.2 Å². The SMILES string of the molecule is [Na+].[O-]Cl.[O-][Cl+3]([O-])([O-])O. The Morgan fingerprint density at radius 2 is 1.12 bits per heavy atom. The van der Waals surface area contributed by atoms with Gasteiger partial charge in [0.15, 0.2) is 0 Å². The topological polar surface area (TPSA) is 112 Å². The Balaban J connectivity index is -0.0000000750. The molecule has 0 aromatic carbocycles. The molecule has 0 radical (unpaired) electrons. The van der Waals surface area contributed by atoms with Gasteiger partial charge in [-0.1, -0.05) is 0 Å². The second kappa shape index (κ2) is 8.38. The molecule has 46 valence electrons. The average Bonchev–Trinajstić information content (AvgIpc) is 1.36. The van der Waals surface area contributed by atoms with Crippen LogP contribution in [0, 0.1) is 10.2 Å². The molecule has 8 heteroatoms. The van der Waals surface area contributed by atoms with Crippen molar-refractivity contribution in [3.63, 3.8) is 0 Å². The molecule has 0 saturated carbocycles. The summed E-state index contributed by atoms with van der Waals surface area (Å²) in [7, 11) is -4.69. The van der Waals surface area contributed by atoms with Gasteiger partial charge in [0.1, 0.15) is 0 Å². The van der Waals surface area contributed by atoms with Crippen molar-refractivity contribution < 1.29 is 63.1 Å². The van der Waals surface area contributed by atoms with Crippen LogP contribution in [-0.4, -0.2) is 4.66 Å². The fraction of sp³-hybridized carbons (Fsp3) is 0. The van der Waals surface area contributed by atoms with Crippen LogP contribution in [0.25, 0.3) is 0 Å². The molecular weight excluding hydrogens is 174 g/mol. The van der Waals surface area contributed by atoms with Crippen LogP contribution in [0.4, 0.5) is 0 Å². The van der Waals surface area contributed by atoms with Gasteiger partial charge in [0.2, 0.25) is 0 Å². The molecule has 0 spiro atoms. The second-order valence-electron chi connectivity index (χ2n) is 0.396. The molecule has 0 amide bonds.